The van der Waals surface area contributed by atoms with Crippen LogP contribution in [0.2, 0.25) is 0 Å². The molecule has 80 valence electrons. The summed E-state index contributed by atoms with van der Waals surface area (Å²) < 4.78 is 0. The summed E-state index contributed by atoms with van der Waals surface area (Å²) in [6, 6.07) is 0.465. The zero-order valence-electron chi connectivity index (χ0n) is 8.62. The zero-order chi connectivity index (χ0) is 9.97. The van der Waals surface area contributed by atoms with E-state index in [1.165, 1.54) is 0 Å². The van der Waals surface area contributed by atoms with Gasteiger partial charge >= 0.3 is 6.03 Å². The fourth-order valence-electron chi connectivity index (χ4n) is 1.92. The van der Waals surface area contributed by atoms with Gasteiger partial charge in [0.25, 0.3) is 0 Å². The van der Waals surface area contributed by atoms with Crippen LogP contribution in [0.15, 0.2) is 0 Å². The van der Waals surface area contributed by atoms with E-state index in [-0.39, 0.29) is 6.03 Å². The van der Waals surface area contributed by atoms with Crippen LogP contribution in [0, 0.1) is 0 Å². The van der Waals surface area contributed by atoms with Crippen molar-refractivity contribution in [2.24, 2.45) is 0 Å². The summed E-state index contributed by atoms with van der Waals surface area (Å²) in [6.07, 6.45) is 0. The van der Waals surface area contributed by atoms with E-state index in [9.17, 15) is 4.79 Å². The van der Waals surface area contributed by atoms with Crippen LogP contribution in [0.25, 0.3) is 0 Å². The fraction of sp³-hybridized carbons (Fsp3) is 0.889. The Morgan fingerprint density at radius 1 is 1.36 bits per heavy atom. The van der Waals surface area contributed by atoms with Gasteiger partial charge in [0.2, 0.25) is 0 Å². The van der Waals surface area contributed by atoms with Gasteiger partial charge in [-0.2, -0.15) is 0 Å². The number of carbonyl (C=O) groups is 1. The average molecular weight is 198 g/mol. The maximum atomic E-state index is 11.7. The van der Waals surface area contributed by atoms with Gasteiger partial charge in [0, 0.05) is 39.3 Å². The first-order valence-electron chi connectivity index (χ1n) is 5.20. The second-order valence-electron chi connectivity index (χ2n) is 4.10. The van der Waals surface area contributed by atoms with Crippen LogP contribution in [0.4, 0.5) is 4.79 Å². The molecule has 5 heteroatoms. The van der Waals surface area contributed by atoms with Gasteiger partial charge in [-0.25, -0.2) is 4.79 Å². The first-order valence-corrected chi connectivity index (χ1v) is 5.20. The lowest BCUT2D eigenvalue weighted by Gasteiger charge is -2.38. The molecule has 0 aliphatic carbocycles. The van der Waals surface area contributed by atoms with Gasteiger partial charge in [0.1, 0.15) is 0 Å². The molecule has 0 aromatic heterocycles. The van der Waals surface area contributed by atoms with Crippen LogP contribution in [-0.2, 0) is 0 Å². The lowest BCUT2D eigenvalue weighted by atomic mass is 10.1. The van der Waals surface area contributed by atoms with Crippen LogP contribution in [0.5, 0.6) is 0 Å². The van der Waals surface area contributed by atoms with Crippen molar-refractivity contribution in [3.8, 4) is 0 Å². The number of likely N-dealkylation sites (N-methyl/N-ethyl adjacent to an activating group) is 1. The monoisotopic (exact) mass is 198 g/mol. The van der Waals surface area contributed by atoms with E-state index in [2.05, 4.69) is 22.6 Å². The van der Waals surface area contributed by atoms with Crippen molar-refractivity contribution in [1.82, 2.24) is 20.4 Å². The molecule has 0 bridgehead atoms. The second-order valence-corrected chi connectivity index (χ2v) is 4.10. The summed E-state index contributed by atoms with van der Waals surface area (Å²) in [6.45, 7) is 5.45. The average Bonchev–Trinajstić information content (AvgIpc) is 2.17. The minimum atomic E-state index is 0.101. The Bertz CT molecular complexity index is 209. The molecule has 0 spiro atoms. The van der Waals surface area contributed by atoms with E-state index in [0.717, 1.165) is 39.3 Å². The molecule has 2 heterocycles. The molecule has 2 aliphatic heterocycles. The Morgan fingerprint density at radius 2 is 2.00 bits per heavy atom. The molecule has 0 radical (unpaired) electrons. The smallest absolute Gasteiger partial charge is 0.317 e. The van der Waals surface area contributed by atoms with Crippen molar-refractivity contribution in [1.29, 1.82) is 0 Å². The minimum Gasteiger partial charge on any atom is -0.333 e. The number of nitrogens with zero attached hydrogens (tertiary/aromatic N) is 2. The van der Waals surface area contributed by atoms with E-state index in [1.807, 2.05) is 4.90 Å². The van der Waals surface area contributed by atoms with E-state index in [1.54, 1.807) is 0 Å². The molecule has 2 N–H and O–H groups in total. The third-order valence-corrected chi connectivity index (χ3v) is 2.80. The quantitative estimate of drug-likeness (QED) is 0.563. The number of carbonyl (C=O) groups excluding carboxylic acids is 1. The number of amides is 2. The summed E-state index contributed by atoms with van der Waals surface area (Å²) in [4.78, 5) is 15.8. The van der Waals surface area contributed by atoms with Crippen molar-refractivity contribution >= 4 is 6.03 Å². The first-order chi connectivity index (χ1) is 6.75. The van der Waals surface area contributed by atoms with Crippen molar-refractivity contribution in [2.75, 3.05) is 46.3 Å². The molecular formula is C9H18N4O. The van der Waals surface area contributed by atoms with Gasteiger partial charge in [-0.3, -0.25) is 0 Å². The van der Waals surface area contributed by atoms with Crippen molar-refractivity contribution in [3.63, 3.8) is 0 Å². The van der Waals surface area contributed by atoms with Gasteiger partial charge in [0.15, 0.2) is 0 Å². The molecule has 14 heavy (non-hydrogen) atoms. The molecule has 2 amide bonds. The van der Waals surface area contributed by atoms with E-state index in [0.29, 0.717) is 6.04 Å². The summed E-state index contributed by atoms with van der Waals surface area (Å²) >= 11 is 0. The number of hydrogen-bond donors (Lipinski definition) is 2. The Hall–Kier alpha value is -0.810. The molecule has 5 nitrogen and oxygen atoms in total. The van der Waals surface area contributed by atoms with Crippen LogP contribution >= 0.6 is 0 Å². The Kier molecular flexibility index (Phi) is 2.88. The van der Waals surface area contributed by atoms with E-state index < -0.39 is 0 Å². The molecule has 0 unspecified atom stereocenters. The molecule has 2 saturated heterocycles. The molecular weight excluding hydrogens is 180 g/mol. The molecule has 2 fully saturated rings. The number of piperazine rings is 1. The van der Waals surface area contributed by atoms with Gasteiger partial charge in [-0.05, 0) is 7.05 Å². The van der Waals surface area contributed by atoms with E-state index in [4.69, 9.17) is 0 Å². The maximum absolute atomic E-state index is 11.7. The van der Waals surface area contributed by atoms with Gasteiger partial charge in [-0.15, -0.1) is 0 Å². The number of likely N-dealkylation sites (tertiary alicyclic amines) is 1. The predicted molar refractivity (Wildman–Crippen MR) is 54.3 cm³/mol. The summed E-state index contributed by atoms with van der Waals surface area (Å²) in [5, 5.41) is 6.26. The van der Waals surface area contributed by atoms with Crippen LogP contribution < -0.4 is 10.6 Å². The lowest BCUT2D eigenvalue weighted by Crippen LogP contribution is -2.61. The molecule has 2 aliphatic rings. The molecule has 0 saturated carbocycles. The van der Waals surface area contributed by atoms with Gasteiger partial charge in [0.05, 0.1) is 6.04 Å². The van der Waals surface area contributed by atoms with Gasteiger partial charge in [-0.1, -0.05) is 0 Å². The summed E-state index contributed by atoms with van der Waals surface area (Å²) in [7, 11) is 2.06. The fourth-order valence-corrected chi connectivity index (χ4v) is 1.92. The molecule has 0 aromatic carbocycles. The van der Waals surface area contributed by atoms with Crippen molar-refractivity contribution < 1.29 is 4.79 Å². The highest BCUT2D eigenvalue weighted by Gasteiger charge is 2.26. The highest BCUT2D eigenvalue weighted by molar-refractivity contribution is 5.74. The number of nitrogens with one attached hydrogen (secondary N) is 2. The third kappa shape index (κ3) is 2.16. The minimum absolute atomic E-state index is 0.101. The normalized spacial score (nSPS) is 24.5. The summed E-state index contributed by atoms with van der Waals surface area (Å²) in [5.41, 5.74) is 0. The standard InChI is InChI=1S/C9H18N4O/c1-12-6-8(7-12)11-9(14)13-4-2-10-3-5-13/h8,10H,2-7H2,1H3,(H,11,14). The highest BCUT2D eigenvalue weighted by atomic mass is 16.2. The first kappa shape index (κ1) is 9.73. The number of rotatable bonds is 1. The van der Waals surface area contributed by atoms with E-state index >= 15 is 0 Å². The zero-order valence-corrected chi connectivity index (χ0v) is 8.62. The van der Waals surface area contributed by atoms with Crippen LogP contribution in [-0.4, -0.2) is 68.2 Å². The predicted octanol–water partition coefficient (Wildman–Crippen LogP) is -1.08. The number of urea groups is 1. The second kappa shape index (κ2) is 4.14. The molecule has 0 atom stereocenters. The van der Waals surface area contributed by atoms with Crippen LogP contribution in [0.3, 0.4) is 0 Å². The van der Waals surface area contributed by atoms with Crippen molar-refractivity contribution in [2.45, 2.75) is 6.04 Å². The van der Waals surface area contributed by atoms with Crippen molar-refractivity contribution in [3.05, 3.63) is 0 Å². The molecule has 2 rings (SSSR count). The van der Waals surface area contributed by atoms with Crippen LogP contribution in [0.1, 0.15) is 0 Å². The van der Waals surface area contributed by atoms with Gasteiger partial charge < -0.3 is 20.4 Å². The highest BCUT2D eigenvalue weighted by Crippen LogP contribution is 2.04. The topological polar surface area (TPSA) is 47.6 Å². The lowest BCUT2D eigenvalue weighted by molar-refractivity contribution is 0.143. The molecule has 0 aromatic rings. The SMILES string of the molecule is CN1CC(NC(=O)N2CCNCC2)C1. The number of hydrogen-bond acceptors (Lipinski definition) is 3. The summed E-state index contributed by atoms with van der Waals surface area (Å²) in [5.74, 6) is 0. The largest absolute Gasteiger partial charge is 0.333 e. The Labute approximate surface area is 84.4 Å². The Morgan fingerprint density at radius 3 is 2.57 bits per heavy atom. The Balaban J connectivity index is 1.71. The third-order valence-electron chi connectivity index (χ3n) is 2.80. The maximum Gasteiger partial charge on any atom is 0.317 e.